The lowest BCUT2D eigenvalue weighted by atomic mass is 9.88. The maximum absolute atomic E-state index is 11.9. The summed E-state index contributed by atoms with van der Waals surface area (Å²) in [5, 5.41) is 1.28. The number of para-hydroxylation sites is 1. The highest BCUT2D eigenvalue weighted by Crippen LogP contribution is 2.36. The van der Waals surface area contributed by atoms with Crippen LogP contribution in [0.3, 0.4) is 0 Å². The van der Waals surface area contributed by atoms with Crippen LogP contribution in [0.1, 0.15) is 36.9 Å². The topological polar surface area (TPSA) is 53.2 Å². The molecule has 1 N–H and O–H groups in total. The molecule has 0 unspecified atom stereocenters. The first kappa shape index (κ1) is 14.6. The van der Waals surface area contributed by atoms with Gasteiger partial charge in [0.2, 0.25) is 10.0 Å². The molecule has 0 amide bonds. The molecular weight excluding hydrogens is 284 g/mol. The second-order valence-corrected chi connectivity index (χ2v) is 8.04. The number of piperidine rings is 1. The molecular formula is C16H22N2O2S. The predicted octanol–water partition coefficient (Wildman–Crippen LogP) is 3.01. The Kier molecular flexibility index (Phi) is 3.80. The molecule has 4 nitrogen and oxygen atoms in total. The van der Waals surface area contributed by atoms with Crippen LogP contribution in [-0.2, 0) is 10.0 Å². The lowest BCUT2D eigenvalue weighted by molar-refractivity contribution is 0.320. The van der Waals surface area contributed by atoms with E-state index in [2.05, 4.69) is 30.1 Å². The van der Waals surface area contributed by atoms with Gasteiger partial charge in [0.25, 0.3) is 0 Å². The average molecular weight is 306 g/mol. The second kappa shape index (κ2) is 5.46. The Morgan fingerprint density at radius 1 is 1.24 bits per heavy atom. The number of H-pyrrole nitrogens is 1. The first-order valence-corrected chi connectivity index (χ1v) is 9.19. The van der Waals surface area contributed by atoms with Crippen LogP contribution >= 0.6 is 0 Å². The van der Waals surface area contributed by atoms with Crippen LogP contribution in [0.15, 0.2) is 24.3 Å². The van der Waals surface area contributed by atoms with Crippen molar-refractivity contribution in [3.05, 3.63) is 35.5 Å². The van der Waals surface area contributed by atoms with Crippen molar-refractivity contribution in [2.45, 2.75) is 32.6 Å². The lowest BCUT2D eigenvalue weighted by Crippen LogP contribution is -2.38. The first-order chi connectivity index (χ1) is 10.0. The summed E-state index contributed by atoms with van der Waals surface area (Å²) in [7, 11) is -3.04. The third kappa shape index (κ3) is 2.60. The van der Waals surface area contributed by atoms with Gasteiger partial charge in [0.05, 0.1) is 5.75 Å². The zero-order valence-electron chi connectivity index (χ0n) is 12.6. The number of aryl methyl sites for hydroxylation is 1. The predicted molar refractivity (Wildman–Crippen MR) is 86.0 cm³/mol. The maximum atomic E-state index is 11.9. The molecule has 1 aliphatic heterocycles. The minimum absolute atomic E-state index is 0.198. The monoisotopic (exact) mass is 306 g/mol. The van der Waals surface area contributed by atoms with Crippen molar-refractivity contribution in [1.29, 1.82) is 0 Å². The molecule has 0 bridgehead atoms. The fraction of sp³-hybridized carbons (Fsp3) is 0.500. The summed E-state index contributed by atoms with van der Waals surface area (Å²) in [6.45, 7) is 5.11. The van der Waals surface area contributed by atoms with Crippen molar-refractivity contribution in [1.82, 2.24) is 9.29 Å². The zero-order chi connectivity index (χ0) is 15.0. The van der Waals surface area contributed by atoms with E-state index in [4.69, 9.17) is 0 Å². The van der Waals surface area contributed by atoms with Crippen molar-refractivity contribution in [2.24, 2.45) is 0 Å². The van der Waals surface area contributed by atoms with Crippen LogP contribution in [0.4, 0.5) is 0 Å². The number of hydrogen-bond acceptors (Lipinski definition) is 2. The SMILES string of the molecule is CCS(=O)(=O)N1CCC(c2c(C)[nH]c3ccccc23)CC1. The highest BCUT2D eigenvalue weighted by molar-refractivity contribution is 7.89. The second-order valence-electron chi connectivity index (χ2n) is 5.78. The number of hydrogen-bond donors (Lipinski definition) is 1. The Labute approximate surface area is 126 Å². The van der Waals surface area contributed by atoms with E-state index in [9.17, 15) is 8.42 Å². The number of sulfonamides is 1. The van der Waals surface area contributed by atoms with E-state index in [1.807, 2.05) is 6.07 Å². The molecule has 0 aliphatic carbocycles. The third-order valence-corrected chi connectivity index (χ3v) is 6.45. The highest BCUT2D eigenvalue weighted by atomic mass is 32.2. The van der Waals surface area contributed by atoms with E-state index < -0.39 is 10.0 Å². The molecule has 0 saturated carbocycles. The summed E-state index contributed by atoms with van der Waals surface area (Å²) in [5.74, 6) is 0.647. The molecule has 0 spiro atoms. The number of rotatable bonds is 3. The first-order valence-electron chi connectivity index (χ1n) is 7.58. The van der Waals surface area contributed by atoms with Gasteiger partial charge in [0.1, 0.15) is 0 Å². The average Bonchev–Trinajstić information content (AvgIpc) is 2.83. The van der Waals surface area contributed by atoms with Gasteiger partial charge in [-0.2, -0.15) is 0 Å². The molecule has 21 heavy (non-hydrogen) atoms. The number of nitrogens with one attached hydrogen (secondary N) is 1. The van der Waals surface area contributed by atoms with Gasteiger partial charge in [-0.1, -0.05) is 18.2 Å². The molecule has 1 saturated heterocycles. The van der Waals surface area contributed by atoms with Gasteiger partial charge in [0.15, 0.2) is 0 Å². The summed E-state index contributed by atoms with van der Waals surface area (Å²) < 4.78 is 25.5. The molecule has 2 aromatic rings. The van der Waals surface area contributed by atoms with E-state index in [0.717, 1.165) is 12.8 Å². The summed E-state index contributed by atoms with van der Waals surface area (Å²) in [6, 6.07) is 8.36. The van der Waals surface area contributed by atoms with Crippen LogP contribution in [0, 0.1) is 6.92 Å². The Morgan fingerprint density at radius 3 is 2.57 bits per heavy atom. The Bertz CT molecular complexity index is 741. The molecule has 1 aromatic carbocycles. The molecule has 0 atom stereocenters. The molecule has 114 valence electrons. The standard InChI is InChI=1S/C16H22N2O2S/c1-3-21(19,20)18-10-8-13(9-11-18)16-12(2)17-15-7-5-4-6-14(15)16/h4-7,13,17H,3,8-11H2,1-2H3. The minimum atomic E-state index is -3.04. The van der Waals surface area contributed by atoms with E-state index in [-0.39, 0.29) is 5.75 Å². The molecule has 1 aliphatic rings. The van der Waals surface area contributed by atoms with Gasteiger partial charge in [-0.05, 0) is 44.2 Å². The smallest absolute Gasteiger partial charge is 0.213 e. The Balaban J connectivity index is 1.85. The molecule has 3 rings (SSSR count). The van der Waals surface area contributed by atoms with Gasteiger partial charge >= 0.3 is 0 Å². The number of aromatic amines is 1. The number of benzene rings is 1. The molecule has 5 heteroatoms. The summed E-state index contributed by atoms with van der Waals surface area (Å²) in [4.78, 5) is 3.45. The fourth-order valence-corrected chi connectivity index (χ4v) is 4.56. The van der Waals surface area contributed by atoms with E-state index in [1.165, 1.54) is 22.2 Å². The third-order valence-electron chi connectivity index (χ3n) is 4.56. The maximum Gasteiger partial charge on any atom is 0.213 e. The lowest BCUT2D eigenvalue weighted by Gasteiger charge is -2.31. The van der Waals surface area contributed by atoms with Crippen LogP contribution in [0.2, 0.25) is 0 Å². The molecule has 1 fully saturated rings. The van der Waals surface area contributed by atoms with Crippen LogP contribution in [-0.4, -0.2) is 36.5 Å². The van der Waals surface area contributed by atoms with Crippen LogP contribution in [0.25, 0.3) is 10.9 Å². The Hall–Kier alpha value is -1.33. The fourth-order valence-electron chi connectivity index (χ4n) is 3.43. The van der Waals surface area contributed by atoms with Crippen molar-refractivity contribution in [3.8, 4) is 0 Å². The van der Waals surface area contributed by atoms with Crippen molar-refractivity contribution in [2.75, 3.05) is 18.8 Å². The van der Waals surface area contributed by atoms with Crippen LogP contribution < -0.4 is 0 Å². The van der Waals surface area contributed by atoms with Gasteiger partial charge < -0.3 is 4.98 Å². The van der Waals surface area contributed by atoms with Crippen molar-refractivity contribution >= 4 is 20.9 Å². The number of aromatic nitrogens is 1. The molecule has 2 heterocycles. The van der Waals surface area contributed by atoms with Gasteiger partial charge in [-0.15, -0.1) is 0 Å². The van der Waals surface area contributed by atoms with Gasteiger partial charge in [0, 0.05) is 29.7 Å². The number of fused-ring (bicyclic) bond motifs is 1. The van der Waals surface area contributed by atoms with E-state index >= 15 is 0 Å². The Morgan fingerprint density at radius 2 is 1.90 bits per heavy atom. The molecule has 1 aromatic heterocycles. The van der Waals surface area contributed by atoms with Crippen LogP contribution in [0.5, 0.6) is 0 Å². The zero-order valence-corrected chi connectivity index (χ0v) is 13.4. The van der Waals surface area contributed by atoms with Gasteiger partial charge in [-0.3, -0.25) is 0 Å². The normalized spacial score (nSPS) is 18.4. The largest absolute Gasteiger partial charge is 0.358 e. The quantitative estimate of drug-likeness (QED) is 0.947. The highest BCUT2D eigenvalue weighted by Gasteiger charge is 2.29. The minimum Gasteiger partial charge on any atom is -0.358 e. The van der Waals surface area contributed by atoms with Crippen molar-refractivity contribution < 1.29 is 8.42 Å². The van der Waals surface area contributed by atoms with Crippen molar-refractivity contribution in [3.63, 3.8) is 0 Å². The molecule has 0 radical (unpaired) electrons. The summed E-state index contributed by atoms with van der Waals surface area (Å²) in [6.07, 6.45) is 1.81. The van der Waals surface area contributed by atoms with E-state index in [1.54, 1.807) is 11.2 Å². The van der Waals surface area contributed by atoms with E-state index in [0.29, 0.717) is 19.0 Å². The summed E-state index contributed by atoms with van der Waals surface area (Å²) in [5.41, 5.74) is 3.76. The number of nitrogens with zero attached hydrogens (tertiary/aromatic N) is 1. The van der Waals surface area contributed by atoms with Gasteiger partial charge in [-0.25, -0.2) is 12.7 Å². The summed E-state index contributed by atoms with van der Waals surface area (Å²) >= 11 is 0.